The van der Waals surface area contributed by atoms with Gasteiger partial charge in [-0.05, 0) is 30.7 Å². The smallest absolute Gasteiger partial charge is 0.307 e. The van der Waals surface area contributed by atoms with Crippen molar-refractivity contribution in [2.75, 3.05) is 5.75 Å². The summed E-state index contributed by atoms with van der Waals surface area (Å²) in [6.07, 6.45) is 4.03. The van der Waals surface area contributed by atoms with Crippen LogP contribution in [0, 0.1) is 10.7 Å². The quantitative estimate of drug-likeness (QED) is 0.652. The Bertz CT molecular complexity index is 868. The standard InChI is InChI=1S/C16H17N3O5S/c17-25(24,10-12(16(22)23)1-2-15(20)21)13-5-8-19-14(9-13)11-3-6-18-7-4-11/h3-9,12,17H,1-2,10H2,(H,20,21)(H,22,23). The molecule has 132 valence electrons. The van der Waals surface area contributed by atoms with Gasteiger partial charge in [-0.1, -0.05) is 0 Å². The van der Waals surface area contributed by atoms with Crippen LogP contribution in [0.1, 0.15) is 12.8 Å². The molecule has 2 heterocycles. The number of hydrogen-bond acceptors (Lipinski definition) is 6. The fraction of sp³-hybridized carbons (Fsp3) is 0.250. The topological polar surface area (TPSA) is 141 Å². The molecule has 3 N–H and O–H groups in total. The summed E-state index contributed by atoms with van der Waals surface area (Å²) in [7, 11) is -3.41. The van der Waals surface area contributed by atoms with E-state index in [2.05, 4.69) is 9.97 Å². The van der Waals surface area contributed by atoms with Crippen LogP contribution >= 0.6 is 0 Å². The number of carbonyl (C=O) groups is 2. The van der Waals surface area contributed by atoms with Gasteiger partial charge in [-0.25, -0.2) is 8.99 Å². The molecule has 2 aromatic rings. The zero-order chi connectivity index (χ0) is 18.4. The van der Waals surface area contributed by atoms with Crippen LogP contribution < -0.4 is 0 Å². The van der Waals surface area contributed by atoms with Gasteiger partial charge in [0.2, 0.25) is 0 Å². The minimum Gasteiger partial charge on any atom is -0.481 e. The number of rotatable bonds is 8. The molecular formula is C16H17N3O5S. The molecule has 0 aliphatic rings. The summed E-state index contributed by atoms with van der Waals surface area (Å²) in [5.74, 6) is -4.01. The maximum atomic E-state index is 12.7. The van der Waals surface area contributed by atoms with Gasteiger partial charge >= 0.3 is 11.9 Å². The molecule has 2 aromatic heterocycles. The number of carboxylic acids is 2. The van der Waals surface area contributed by atoms with Crippen molar-refractivity contribution in [1.82, 2.24) is 9.97 Å². The molecule has 25 heavy (non-hydrogen) atoms. The van der Waals surface area contributed by atoms with Crippen molar-refractivity contribution in [3.8, 4) is 11.3 Å². The third kappa shape index (κ3) is 5.08. The summed E-state index contributed by atoms with van der Waals surface area (Å²) in [5.41, 5.74) is 1.23. The highest BCUT2D eigenvalue weighted by Gasteiger charge is 2.25. The second kappa shape index (κ2) is 7.84. The van der Waals surface area contributed by atoms with Gasteiger partial charge in [0.05, 0.1) is 26.2 Å². The van der Waals surface area contributed by atoms with Crippen LogP contribution in [0.3, 0.4) is 0 Å². The predicted molar refractivity (Wildman–Crippen MR) is 89.5 cm³/mol. The zero-order valence-electron chi connectivity index (χ0n) is 13.2. The minimum absolute atomic E-state index is 0.163. The van der Waals surface area contributed by atoms with Crippen LogP contribution in [0.15, 0.2) is 47.8 Å². The molecule has 8 nitrogen and oxygen atoms in total. The van der Waals surface area contributed by atoms with E-state index in [-0.39, 0.29) is 17.7 Å². The van der Waals surface area contributed by atoms with E-state index in [9.17, 15) is 18.9 Å². The van der Waals surface area contributed by atoms with E-state index < -0.39 is 33.3 Å². The Morgan fingerprint density at radius 2 is 1.84 bits per heavy atom. The predicted octanol–water partition coefficient (Wildman–Crippen LogP) is 2.11. The van der Waals surface area contributed by atoms with E-state index in [1.807, 2.05) is 0 Å². The van der Waals surface area contributed by atoms with E-state index in [0.717, 1.165) is 5.56 Å². The van der Waals surface area contributed by atoms with Gasteiger partial charge in [0.15, 0.2) is 0 Å². The molecule has 0 aliphatic heterocycles. The first-order chi connectivity index (χ1) is 11.8. The van der Waals surface area contributed by atoms with Crippen molar-refractivity contribution in [3.05, 3.63) is 42.9 Å². The van der Waals surface area contributed by atoms with Crippen LogP contribution in [0.5, 0.6) is 0 Å². The number of aromatic nitrogens is 2. The van der Waals surface area contributed by atoms with E-state index >= 15 is 0 Å². The summed E-state index contributed by atoms with van der Waals surface area (Å²) in [6, 6.07) is 6.33. The van der Waals surface area contributed by atoms with E-state index in [0.29, 0.717) is 5.69 Å². The Hall–Kier alpha value is -2.81. The van der Waals surface area contributed by atoms with Crippen molar-refractivity contribution in [3.63, 3.8) is 0 Å². The van der Waals surface area contributed by atoms with Crippen molar-refractivity contribution in [2.45, 2.75) is 17.7 Å². The lowest BCUT2D eigenvalue weighted by Gasteiger charge is -2.14. The molecule has 0 aromatic carbocycles. The van der Waals surface area contributed by atoms with Gasteiger partial charge in [0.25, 0.3) is 0 Å². The van der Waals surface area contributed by atoms with Gasteiger partial charge < -0.3 is 10.2 Å². The monoisotopic (exact) mass is 363 g/mol. The average molecular weight is 363 g/mol. The summed E-state index contributed by atoms with van der Waals surface area (Å²) >= 11 is 0. The van der Waals surface area contributed by atoms with E-state index in [4.69, 9.17) is 9.89 Å². The maximum absolute atomic E-state index is 12.7. The maximum Gasteiger partial charge on any atom is 0.307 e. The van der Waals surface area contributed by atoms with Gasteiger partial charge in [0.1, 0.15) is 0 Å². The van der Waals surface area contributed by atoms with Crippen molar-refractivity contribution < 1.29 is 24.0 Å². The molecule has 2 atom stereocenters. The fourth-order valence-electron chi connectivity index (χ4n) is 2.25. The fourth-order valence-corrected chi connectivity index (χ4v) is 3.90. The molecule has 2 rings (SSSR count). The number of nitrogens with zero attached hydrogens (tertiary/aromatic N) is 2. The first-order valence-corrected chi connectivity index (χ1v) is 9.10. The third-order valence-electron chi connectivity index (χ3n) is 3.58. The minimum atomic E-state index is -3.41. The molecule has 0 bridgehead atoms. The van der Waals surface area contributed by atoms with Crippen molar-refractivity contribution in [2.24, 2.45) is 5.92 Å². The number of pyridine rings is 2. The summed E-state index contributed by atoms with van der Waals surface area (Å²) in [6.45, 7) is 0. The molecule has 0 fully saturated rings. The highest BCUT2D eigenvalue weighted by Crippen LogP contribution is 2.23. The van der Waals surface area contributed by atoms with Gasteiger partial charge in [-0.2, -0.15) is 0 Å². The second-order valence-corrected chi connectivity index (χ2v) is 7.58. The van der Waals surface area contributed by atoms with Gasteiger partial charge in [-0.15, -0.1) is 0 Å². The van der Waals surface area contributed by atoms with Crippen LogP contribution in [0.2, 0.25) is 0 Å². The largest absolute Gasteiger partial charge is 0.481 e. The average Bonchev–Trinajstić information content (AvgIpc) is 2.59. The van der Waals surface area contributed by atoms with Crippen LogP contribution in [0.4, 0.5) is 0 Å². The number of aliphatic carboxylic acids is 2. The molecule has 2 unspecified atom stereocenters. The lowest BCUT2D eigenvalue weighted by molar-refractivity contribution is -0.142. The molecule has 0 saturated carbocycles. The first kappa shape index (κ1) is 18.5. The first-order valence-electron chi connectivity index (χ1n) is 7.37. The van der Waals surface area contributed by atoms with Crippen LogP contribution in [0.25, 0.3) is 11.3 Å². The summed E-state index contributed by atoms with van der Waals surface area (Å²) in [5, 5.41) is 17.9. The Morgan fingerprint density at radius 1 is 1.16 bits per heavy atom. The van der Waals surface area contributed by atoms with Crippen molar-refractivity contribution >= 4 is 21.7 Å². The Balaban J connectivity index is 2.26. The molecule has 0 amide bonds. The van der Waals surface area contributed by atoms with Crippen LogP contribution in [-0.2, 0) is 19.3 Å². The van der Waals surface area contributed by atoms with Crippen LogP contribution in [-0.4, -0.2) is 42.1 Å². The normalized spacial score (nSPS) is 14.4. The molecule has 0 radical (unpaired) electrons. The summed E-state index contributed by atoms with van der Waals surface area (Å²) < 4.78 is 20.9. The molecule has 9 heteroatoms. The molecule has 0 saturated heterocycles. The zero-order valence-corrected chi connectivity index (χ0v) is 14.0. The lowest BCUT2D eigenvalue weighted by Crippen LogP contribution is -2.24. The molecule has 0 spiro atoms. The van der Waals surface area contributed by atoms with Gasteiger partial charge in [0, 0.05) is 36.3 Å². The third-order valence-corrected chi connectivity index (χ3v) is 5.47. The Labute approximate surface area is 144 Å². The number of nitrogens with one attached hydrogen (secondary N) is 1. The number of carboxylic acid groups (broad SMARTS) is 2. The molecule has 0 aliphatic carbocycles. The van der Waals surface area contributed by atoms with Crippen molar-refractivity contribution in [1.29, 1.82) is 4.78 Å². The Morgan fingerprint density at radius 3 is 2.44 bits per heavy atom. The van der Waals surface area contributed by atoms with Gasteiger partial charge in [-0.3, -0.25) is 19.6 Å². The lowest BCUT2D eigenvalue weighted by atomic mass is 10.1. The van der Waals surface area contributed by atoms with E-state index in [1.54, 1.807) is 24.5 Å². The second-order valence-electron chi connectivity index (χ2n) is 5.42. The van der Waals surface area contributed by atoms with E-state index in [1.165, 1.54) is 18.3 Å². The SMILES string of the molecule is N=S(=O)(CC(CCC(=O)O)C(=O)O)c1ccnc(-c2ccncc2)c1. The number of hydrogen-bond donors (Lipinski definition) is 3. The highest BCUT2D eigenvalue weighted by molar-refractivity contribution is 7.92. The highest BCUT2D eigenvalue weighted by atomic mass is 32.2. The summed E-state index contributed by atoms with van der Waals surface area (Å²) in [4.78, 5) is 30.2. The molecular weight excluding hydrogens is 346 g/mol. The Kier molecular flexibility index (Phi) is 5.81.